The van der Waals surface area contributed by atoms with Gasteiger partial charge in [-0.1, -0.05) is 6.92 Å². The summed E-state index contributed by atoms with van der Waals surface area (Å²) >= 11 is 0. The van der Waals surface area contributed by atoms with Crippen LogP contribution < -0.4 is 0 Å². The summed E-state index contributed by atoms with van der Waals surface area (Å²) < 4.78 is 17.9. The standard InChI is InChI=1S/C24H39NO6/c1-5-25-10-22(11-29-2)7-6-15(31-4)24-13-8-12-14(30-3)9-23(28,16(13)18(12)26)17(21(24)25)19(27)20(22)24/h12-21,26-28H,5-11H2,1-4H3/t12-,13-,14+,15?,16-,17+,18+,19+,20-,21?,22+,23-,24+/m1/s1. The molecule has 6 aliphatic rings. The van der Waals surface area contributed by atoms with Crippen LogP contribution in [0.1, 0.15) is 32.6 Å². The second-order valence-electron chi connectivity index (χ2n) is 11.6. The summed E-state index contributed by atoms with van der Waals surface area (Å²) in [5.41, 5.74) is -1.55. The Kier molecular flexibility index (Phi) is 4.56. The maximum Gasteiger partial charge on any atom is 0.0796 e. The first kappa shape index (κ1) is 21.3. The summed E-state index contributed by atoms with van der Waals surface area (Å²) in [5.74, 6) is -0.366. The Labute approximate surface area is 185 Å². The highest BCUT2D eigenvalue weighted by atomic mass is 16.5. The molecule has 3 N–H and O–H groups in total. The number of rotatable bonds is 5. The van der Waals surface area contributed by atoms with Crippen molar-refractivity contribution < 1.29 is 29.5 Å². The molecule has 0 aromatic heterocycles. The van der Waals surface area contributed by atoms with Gasteiger partial charge in [-0.2, -0.15) is 0 Å². The number of ether oxygens (including phenoxy) is 3. The molecule has 6 rings (SSSR count). The highest BCUT2D eigenvalue weighted by Crippen LogP contribution is 2.79. The van der Waals surface area contributed by atoms with E-state index in [0.717, 1.165) is 32.4 Å². The fourth-order valence-electron chi connectivity index (χ4n) is 10.7. The number of aliphatic hydroxyl groups is 3. The van der Waals surface area contributed by atoms with Gasteiger partial charge < -0.3 is 29.5 Å². The van der Waals surface area contributed by atoms with Crippen molar-refractivity contribution in [3.63, 3.8) is 0 Å². The van der Waals surface area contributed by atoms with Gasteiger partial charge in [-0.3, -0.25) is 4.90 Å². The average molecular weight is 438 g/mol. The normalized spacial score (nSPS) is 61.6. The van der Waals surface area contributed by atoms with Gasteiger partial charge in [0.15, 0.2) is 0 Å². The predicted molar refractivity (Wildman–Crippen MR) is 112 cm³/mol. The van der Waals surface area contributed by atoms with Gasteiger partial charge in [-0.15, -0.1) is 0 Å². The van der Waals surface area contributed by atoms with Crippen molar-refractivity contribution in [1.82, 2.24) is 4.90 Å². The molecule has 0 aromatic rings. The van der Waals surface area contributed by atoms with Crippen LogP contribution >= 0.6 is 0 Å². The summed E-state index contributed by atoms with van der Waals surface area (Å²) in [6.07, 6.45) is 1.86. The molecule has 1 aliphatic heterocycles. The van der Waals surface area contributed by atoms with Crippen molar-refractivity contribution in [2.75, 3.05) is 41.0 Å². The SMILES string of the molecule is CCN1C[C@]2(COC)CCC(OC)[C@]34C1[C@H]([C@H](O)[C@H]23)[C@@]1(O)C[C@H](OC)[C@H]2C[C@@H]4[C@@H]1[C@H]2O. The van der Waals surface area contributed by atoms with Crippen LogP contribution in [0.3, 0.4) is 0 Å². The molecule has 0 amide bonds. The van der Waals surface area contributed by atoms with Gasteiger partial charge >= 0.3 is 0 Å². The minimum atomic E-state index is -1.13. The van der Waals surface area contributed by atoms with Crippen LogP contribution in [0.5, 0.6) is 0 Å². The zero-order valence-corrected chi connectivity index (χ0v) is 19.2. The molecule has 0 radical (unpaired) electrons. The molecule has 7 nitrogen and oxygen atoms in total. The average Bonchev–Trinajstić information content (AvgIpc) is 3.14. The number of likely N-dealkylation sites (tertiary alicyclic amines) is 1. The predicted octanol–water partition coefficient (Wildman–Crippen LogP) is 0.502. The zero-order chi connectivity index (χ0) is 21.9. The molecule has 31 heavy (non-hydrogen) atoms. The van der Waals surface area contributed by atoms with E-state index in [2.05, 4.69) is 11.8 Å². The number of aliphatic hydroxyl groups excluding tert-OH is 2. The zero-order valence-electron chi connectivity index (χ0n) is 19.2. The Balaban J connectivity index is 1.62. The lowest BCUT2D eigenvalue weighted by atomic mass is 9.43. The van der Waals surface area contributed by atoms with Crippen molar-refractivity contribution in [2.24, 2.45) is 40.4 Å². The largest absolute Gasteiger partial charge is 0.392 e. The fraction of sp³-hybridized carbons (Fsp3) is 1.00. The van der Waals surface area contributed by atoms with Gasteiger partial charge in [0, 0.05) is 74.8 Å². The van der Waals surface area contributed by atoms with E-state index < -0.39 is 17.8 Å². The van der Waals surface area contributed by atoms with Gasteiger partial charge in [-0.25, -0.2) is 0 Å². The van der Waals surface area contributed by atoms with Crippen LogP contribution in [0, 0.1) is 40.4 Å². The van der Waals surface area contributed by atoms with E-state index in [-0.39, 0.29) is 58.7 Å². The lowest BCUT2D eigenvalue weighted by molar-refractivity contribution is -0.276. The van der Waals surface area contributed by atoms with Gasteiger partial charge in [0.25, 0.3) is 0 Å². The van der Waals surface area contributed by atoms with E-state index in [0.29, 0.717) is 13.0 Å². The van der Waals surface area contributed by atoms with Gasteiger partial charge in [0.2, 0.25) is 0 Å². The Morgan fingerprint density at radius 1 is 1.06 bits per heavy atom. The number of nitrogens with zero attached hydrogens (tertiary/aromatic N) is 1. The highest BCUT2D eigenvalue weighted by molar-refractivity contribution is 5.35. The molecule has 7 heteroatoms. The fourth-order valence-corrected chi connectivity index (χ4v) is 10.7. The molecule has 2 unspecified atom stereocenters. The maximum absolute atomic E-state index is 12.4. The second-order valence-corrected chi connectivity index (χ2v) is 11.6. The van der Waals surface area contributed by atoms with E-state index in [1.165, 1.54) is 0 Å². The van der Waals surface area contributed by atoms with E-state index >= 15 is 0 Å². The molecule has 176 valence electrons. The number of piperidine rings is 1. The maximum atomic E-state index is 12.4. The lowest BCUT2D eigenvalue weighted by Gasteiger charge is -2.69. The molecule has 7 bridgehead atoms. The monoisotopic (exact) mass is 437 g/mol. The molecule has 1 spiro atoms. The molecule has 5 saturated carbocycles. The summed E-state index contributed by atoms with van der Waals surface area (Å²) in [7, 11) is 5.26. The summed E-state index contributed by atoms with van der Waals surface area (Å²) in [6.45, 7) is 4.57. The van der Waals surface area contributed by atoms with Crippen molar-refractivity contribution in [2.45, 2.75) is 68.7 Å². The van der Waals surface area contributed by atoms with E-state index in [9.17, 15) is 15.3 Å². The van der Waals surface area contributed by atoms with Crippen LogP contribution in [0.4, 0.5) is 0 Å². The molecule has 1 saturated heterocycles. The van der Waals surface area contributed by atoms with Crippen LogP contribution in [-0.2, 0) is 14.2 Å². The number of hydrogen-bond donors (Lipinski definition) is 3. The minimum absolute atomic E-state index is 0.0167. The van der Waals surface area contributed by atoms with Crippen molar-refractivity contribution in [3.05, 3.63) is 0 Å². The Morgan fingerprint density at radius 3 is 2.48 bits per heavy atom. The van der Waals surface area contributed by atoms with Crippen molar-refractivity contribution in [1.29, 1.82) is 0 Å². The van der Waals surface area contributed by atoms with Crippen molar-refractivity contribution in [3.8, 4) is 0 Å². The highest BCUT2D eigenvalue weighted by Gasteiger charge is 2.86. The van der Waals surface area contributed by atoms with Crippen LogP contribution in [0.25, 0.3) is 0 Å². The number of fused-ring (bicyclic) bond motifs is 2. The quantitative estimate of drug-likeness (QED) is 0.577. The third-order valence-electron chi connectivity index (χ3n) is 11.1. The first-order valence-corrected chi connectivity index (χ1v) is 12.2. The summed E-state index contributed by atoms with van der Waals surface area (Å²) in [4.78, 5) is 2.52. The van der Waals surface area contributed by atoms with Crippen LogP contribution in [0.2, 0.25) is 0 Å². The summed E-state index contributed by atoms with van der Waals surface area (Å²) in [6, 6.07) is 0.0561. The molecular formula is C24H39NO6. The molecule has 5 aliphatic carbocycles. The van der Waals surface area contributed by atoms with E-state index in [1.54, 1.807) is 14.2 Å². The first-order chi connectivity index (χ1) is 14.9. The van der Waals surface area contributed by atoms with Crippen molar-refractivity contribution >= 4 is 0 Å². The van der Waals surface area contributed by atoms with Gasteiger partial charge in [0.1, 0.15) is 0 Å². The molecule has 0 aromatic carbocycles. The Hall–Kier alpha value is -0.280. The third kappa shape index (κ3) is 2.12. The lowest BCUT2D eigenvalue weighted by Crippen LogP contribution is -2.76. The smallest absolute Gasteiger partial charge is 0.0796 e. The second kappa shape index (κ2) is 6.65. The van der Waals surface area contributed by atoms with Gasteiger partial charge in [0.05, 0.1) is 36.6 Å². The minimum Gasteiger partial charge on any atom is -0.392 e. The Morgan fingerprint density at radius 2 is 1.84 bits per heavy atom. The van der Waals surface area contributed by atoms with Crippen LogP contribution in [-0.4, -0.2) is 97.3 Å². The topological polar surface area (TPSA) is 91.6 Å². The van der Waals surface area contributed by atoms with E-state index in [1.807, 2.05) is 7.11 Å². The van der Waals surface area contributed by atoms with Crippen LogP contribution in [0.15, 0.2) is 0 Å². The first-order valence-electron chi connectivity index (χ1n) is 12.2. The van der Waals surface area contributed by atoms with Gasteiger partial charge in [-0.05, 0) is 31.7 Å². The molecule has 1 heterocycles. The molecule has 13 atom stereocenters. The summed E-state index contributed by atoms with van der Waals surface area (Å²) in [5, 5.41) is 35.9. The Bertz CT molecular complexity index is 752. The molecular weight excluding hydrogens is 398 g/mol. The number of hydrogen-bond acceptors (Lipinski definition) is 7. The van der Waals surface area contributed by atoms with E-state index in [4.69, 9.17) is 14.2 Å². The number of methoxy groups -OCH3 is 3. The third-order valence-corrected chi connectivity index (χ3v) is 11.1. The molecule has 6 fully saturated rings.